The van der Waals surface area contributed by atoms with E-state index in [0.717, 1.165) is 0 Å². The van der Waals surface area contributed by atoms with Crippen LogP contribution in [0, 0.1) is 0 Å². The van der Waals surface area contributed by atoms with Crippen LogP contribution in [-0.2, 0) is 37.8 Å². The van der Waals surface area contributed by atoms with E-state index >= 15 is 0 Å². The lowest BCUT2D eigenvalue weighted by Gasteiger charge is -2.23. The van der Waals surface area contributed by atoms with E-state index in [-0.39, 0.29) is 10.8 Å². The summed E-state index contributed by atoms with van der Waals surface area (Å²) in [4.78, 5) is 59.6. The third-order valence-corrected chi connectivity index (χ3v) is 7.34. The van der Waals surface area contributed by atoms with Crippen molar-refractivity contribution in [1.29, 1.82) is 0 Å². The first kappa shape index (κ1) is 27.0. The second kappa shape index (κ2) is 8.85. The molecule has 2 rings (SSSR count). The second-order valence-corrected chi connectivity index (χ2v) is 10.5. The number of phosphoric ester groups is 1. The first-order chi connectivity index (χ1) is 14.2. The third kappa shape index (κ3) is 7.40. The highest BCUT2D eigenvalue weighted by atomic mass is 31.3. The number of aromatic nitrogens is 2. The largest absolute Gasteiger partial charge is 0.490 e. The molecule has 0 bridgehead atoms. The molecular weight excluding hydrogens is 525 g/mol. The summed E-state index contributed by atoms with van der Waals surface area (Å²) in [5.74, 6) is -3.04. The number of ether oxygens (including phenoxy) is 1. The summed E-state index contributed by atoms with van der Waals surface area (Å²) in [6, 6.07) is 0. The highest BCUT2D eigenvalue weighted by Gasteiger charge is 2.47. The van der Waals surface area contributed by atoms with Crippen molar-refractivity contribution >= 4 is 23.5 Å². The highest BCUT2D eigenvalue weighted by molar-refractivity contribution is 7.66. The Balaban J connectivity index is 2.12. The highest BCUT2D eigenvalue weighted by Crippen LogP contribution is 2.66. The monoisotopic (exact) mass is 538 g/mol. The van der Waals surface area contributed by atoms with Crippen LogP contribution >= 0.6 is 23.5 Å². The Morgan fingerprint density at radius 1 is 1.16 bits per heavy atom. The average Bonchev–Trinajstić information content (AvgIpc) is 2.91. The molecule has 1 aromatic heterocycles. The predicted molar refractivity (Wildman–Crippen MR) is 89.3 cm³/mol. The van der Waals surface area contributed by atoms with Gasteiger partial charge in [0.2, 0.25) is 5.85 Å². The molecule has 0 radical (unpaired) electrons. The van der Waals surface area contributed by atoms with Crippen molar-refractivity contribution in [3.63, 3.8) is 0 Å². The van der Waals surface area contributed by atoms with Gasteiger partial charge >= 0.3 is 35.3 Å². The van der Waals surface area contributed by atoms with Crippen LogP contribution in [0.5, 0.6) is 0 Å². The van der Waals surface area contributed by atoms with Gasteiger partial charge in [0.15, 0.2) is 0 Å². The van der Waals surface area contributed by atoms with Gasteiger partial charge in [-0.25, -0.2) is 22.9 Å². The fraction of sp³-hybridized carbons (Fsp3) is 0.600. The van der Waals surface area contributed by atoms with Crippen LogP contribution in [0.1, 0.15) is 24.6 Å². The molecule has 1 aromatic rings. The molecule has 1 saturated heterocycles. The molecule has 5 N–H and O–H groups in total. The van der Waals surface area contributed by atoms with E-state index in [1.54, 1.807) is 0 Å². The number of alkyl halides is 4. The van der Waals surface area contributed by atoms with Crippen LogP contribution in [0.15, 0.2) is 15.8 Å². The van der Waals surface area contributed by atoms with E-state index < -0.39 is 78.0 Å². The van der Waals surface area contributed by atoms with Crippen LogP contribution in [0.25, 0.3) is 0 Å². The number of nitrogens with zero attached hydrogens (tertiary/aromatic N) is 1. The standard InChI is InChI=1S/C10H13F4N2O13P3/c11-9(4-26-31(22,23)29-32(24,25)28-30(19,20)21)2-1-6(27-9)16-3-5(10(12,13)14)7(17)15-8(16)18/h3,6H,1-2,4H2,(H,22,23)(H,24,25)(H,15,17,18)(H2,19,20,21)/t6-,9+/m1/s1. The van der Waals surface area contributed by atoms with Gasteiger partial charge in [-0.3, -0.25) is 18.9 Å². The first-order valence-electron chi connectivity index (χ1n) is 7.80. The Kier molecular flexibility index (Phi) is 7.47. The molecule has 0 aromatic carbocycles. The van der Waals surface area contributed by atoms with Gasteiger partial charge in [0.25, 0.3) is 5.56 Å². The topological polar surface area (TPSA) is 224 Å². The molecule has 0 spiro atoms. The number of aromatic amines is 1. The SMILES string of the molecule is O=c1[nH]c(=O)n([C@H]2CC[C@@](F)(COP(=O)(O)OP(=O)(O)OP(=O)(O)O)O2)cc1C(F)(F)F. The van der Waals surface area contributed by atoms with Crippen LogP contribution in [-0.4, -0.2) is 41.6 Å². The maximum atomic E-state index is 14.7. The van der Waals surface area contributed by atoms with E-state index in [9.17, 15) is 45.7 Å². The van der Waals surface area contributed by atoms with E-state index in [1.807, 2.05) is 0 Å². The number of hydrogen-bond acceptors (Lipinski definition) is 9. The maximum absolute atomic E-state index is 14.7. The van der Waals surface area contributed by atoms with Crippen molar-refractivity contribution in [2.75, 3.05) is 6.61 Å². The molecule has 0 saturated carbocycles. The summed E-state index contributed by atoms with van der Waals surface area (Å²) >= 11 is 0. The summed E-state index contributed by atoms with van der Waals surface area (Å²) in [7, 11) is -17.2. The van der Waals surface area contributed by atoms with Crippen molar-refractivity contribution < 1.29 is 68.7 Å². The lowest BCUT2D eigenvalue weighted by Crippen LogP contribution is -2.37. The Labute approximate surface area is 173 Å². The van der Waals surface area contributed by atoms with Crippen LogP contribution in [0.3, 0.4) is 0 Å². The molecule has 0 aliphatic carbocycles. The van der Waals surface area contributed by atoms with Crippen molar-refractivity contribution in [3.05, 3.63) is 32.6 Å². The van der Waals surface area contributed by atoms with E-state index in [2.05, 4.69) is 13.1 Å². The van der Waals surface area contributed by atoms with Crippen LogP contribution in [0.4, 0.5) is 17.6 Å². The molecule has 184 valence electrons. The minimum atomic E-state index is -5.86. The predicted octanol–water partition coefficient (Wildman–Crippen LogP) is 0.873. The number of phosphoric acid groups is 3. The number of hydrogen-bond donors (Lipinski definition) is 5. The zero-order valence-electron chi connectivity index (χ0n) is 15.0. The van der Waals surface area contributed by atoms with Gasteiger partial charge in [-0.05, 0) is 6.42 Å². The summed E-state index contributed by atoms with van der Waals surface area (Å²) in [6.07, 6.45) is -8.03. The number of H-pyrrole nitrogens is 1. The van der Waals surface area contributed by atoms with Crippen LogP contribution < -0.4 is 11.2 Å². The number of rotatable bonds is 8. The van der Waals surface area contributed by atoms with Crippen LogP contribution in [0.2, 0.25) is 0 Å². The van der Waals surface area contributed by atoms with Crippen molar-refractivity contribution in [3.8, 4) is 0 Å². The smallest absolute Gasteiger partial charge is 0.320 e. The minimum absolute atomic E-state index is 0.0832. The molecule has 1 fully saturated rings. The molecule has 22 heteroatoms. The Hall–Kier alpha value is -1.23. The summed E-state index contributed by atoms with van der Waals surface area (Å²) < 4.78 is 102. The summed E-state index contributed by atoms with van der Waals surface area (Å²) in [5.41, 5.74) is -4.92. The Bertz CT molecular complexity index is 1130. The van der Waals surface area contributed by atoms with E-state index in [0.29, 0.717) is 0 Å². The zero-order valence-corrected chi connectivity index (χ0v) is 17.7. The number of nitrogens with one attached hydrogen (secondary N) is 1. The molecular formula is C10H13F4N2O13P3. The average molecular weight is 538 g/mol. The van der Waals surface area contributed by atoms with Gasteiger partial charge < -0.3 is 24.3 Å². The minimum Gasteiger partial charge on any atom is -0.320 e. The molecule has 0 amide bonds. The van der Waals surface area contributed by atoms with E-state index in [4.69, 9.17) is 19.4 Å². The van der Waals surface area contributed by atoms with Gasteiger partial charge in [0.1, 0.15) is 18.4 Å². The quantitative estimate of drug-likeness (QED) is 0.229. The lowest BCUT2D eigenvalue weighted by molar-refractivity contribution is -0.175. The van der Waals surface area contributed by atoms with Gasteiger partial charge in [0, 0.05) is 12.6 Å². The van der Waals surface area contributed by atoms with Crippen molar-refractivity contribution in [2.24, 2.45) is 0 Å². The molecule has 2 unspecified atom stereocenters. The molecule has 32 heavy (non-hydrogen) atoms. The third-order valence-electron chi connectivity index (χ3n) is 3.55. The fourth-order valence-electron chi connectivity index (χ4n) is 2.39. The summed E-state index contributed by atoms with van der Waals surface area (Å²) in [6.45, 7) is -1.54. The van der Waals surface area contributed by atoms with Gasteiger partial charge in [-0.15, -0.1) is 0 Å². The molecule has 1 aliphatic rings. The first-order valence-corrected chi connectivity index (χ1v) is 12.3. The van der Waals surface area contributed by atoms with Crippen molar-refractivity contribution in [1.82, 2.24) is 9.55 Å². The molecule has 1 aliphatic heterocycles. The number of halogens is 4. The molecule has 2 heterocycles. The zero-order chi connectivity index (χ0) is 24.8. The molecule has 4 atom stereocenters. The van der Waals surface area contributed by atoms with Crippen molar-refractivity contribution in [2.45, 2.75) is 31.1 Å². The Morgan fingerprint density at radius 2 is 1.75 bits per heavy atom. The normalized spacial score (nSPS) is 25.9. The van der Waals surface area contributed by atoms with E-state index in [1.165, 1.54) is 4.98 Å². The van der Waals surface area contributed by atoms with Gasteiger partial charge in [-0.2, -0.15) is 21.8 Å². The fourth-order valence-corrected chi connectivity index (χ4v) is 5.44. The molecule has 15 nitrogen and oxygen atoms in total. The van der Waals surface area contributed by atoms with Gasteiger partial charge in [0.05, 0.1) is 0 Å². The lowest BCUT2D eigenvalue weighted by atomic mass is 10.2. The maximum Gasteiger partial charge on any atom is 0.490 e. The second-order valence-electron chi connectivity index (χ2n) is 6.07. The Morgan fingerprint density at radius 3 is 2.28 bits per heavy atom. The summed E-state index contributed by atoms with van der Waals surface area (Å²) in [5, 5.41) is 0. The van der Waals surface area contributed by atoms with Gasteiger partial charge in [-0.1, -0.05) is 0 Å².